The summed E-state index contributed by atoms with van der Waals surface area (Å²) < 4.78 is 73.1. The zero-order valence-electron chi connectivity index (χ0n) is 18.7. The van der Waals surface area contributed by atoms with E-state index in [9.17, 15) is 5.11 Å². The third-order valence-electron chi connectivity index (χ3n) is 3.34. The molecule has 0 atom stereocenters. The van der Waals surface area contributed by atoms with Gasteiger partial charge in [0, 0.05) is 13.0 Å². The van der Waals surface area contributed by atoms with Crippen LogP contribution in [0.3, 0.4) is 0 Å². The number of thiophene rings is 1. The Balaban J connectivity index is 2.63. The lowest BCUT2D eigenvalue weighted by Crippen LogP contribution is -2.41. The molecule has 0 amide bonds. The minimum absolute atomic E-state index is 0.0515. The molecule has 0 unspecified atom stereocenters. The molecule has 0 aliphatic carbocycles. The van der Waals surface area contributed by atoms with Gasteiger partial charge in [0.15, 0.2) is 0 Å². The van der Waals surface area contributed by atoms with Gasteiger partial charge in [0.05, 0.1) is 19.5 Å². The van der Waals surface area contributed by atoms with E-state index in [2.05, 4.69) is 0 Å². The first-order valence-electron chi connectivity index (χ1n) is 9.55. The Labute approximate surface area is 125 Å². The van der Waals surface area contributed by atoms with Crippen LogP contribution in [-0.4, -0.2) is 23.4 Å². The second-order valence-corrected chi connectivity index (χ2v) is 6.22. The van der Waals surface area contributed by atoms with Crippen LogP contribution < -0.4 is 4.78 Å². The quantitative estimate of drug-likeness (QED) is 0.842. The molecular formula is C13H21BO3S. The van der Waals surface area contributed by atoms with Crippen molar-refractivity contribution < 1.29 is 25.4 Å². The summed E-state index contributed by atoms with van der Waals surface area (Å²) in [5.41, 5.74) is -5.57. The molecule has 0 bridgehead atoms. The SMILES string of the molecule is [2H]c1sc(B2OC(C)(C)C(C)(C)O2)c([2H])c1C(O)(C([2H])([2H])[2H])C([2H])([2H])[2H]. The lowest BCUT2D eigenvalue weighted by atomic mass is 9.86. The summed E-state index contributed by atoms with van der Waals surface area (Å²) in [6, 6.07) is -0.562. The summed E-state index contributed by atoms with van der Waals surface area (Å²) in [5.74, 6) is 0. The number of aliphatic hydroxyl groups is 1. The largest absolute Gasteiger partial charge is 0.505 e. The Morgan fingerprint density at radius 1 is 1.33 bits per heavy atom. The normalized spacial score (nSPS) is 30.4. The average molecular weight is 276 g/mol. The van der Waals surface area contributed by atoms with Crippen molar-refractivity contribution in [2.24, 2.45) is 0 Å². The topological polar surface area (TPSA) is 38.7 Å². The van der Waals surface area contributed by atoms with Crippen LogP contribution in [0.4, 0.5) is 0 Å². The van der Waals surface area contributed by atoms with Crippen molar-refractivity contribution in [2.45, 2.75) is 58.2 Å². The van der Waals surface area contributed by atoms with Crippen molar-refractivity contribution >= 4 is 23.2 Å². The van der Waals surface area contributed by atoms with Gasteiger partial charge in [-0.05, 0) is 58.4 Å². The number of hydrogen-bond acceptors (Lipinski definition) is 4. The third-order valence-corrected chi connectivity index (χ3v) is 4.16. The van der Waals surface area contributed by atoms with Gasteiger partial charge in [-0.3, -0.25) is 0 Å². The molecule has 0 saturated carbocycles. The van der Waals surface area contributed by atoms with Gasteiger partial charge in [-0.15, -0.1) is 0 Å². The van der Waals surface area contributed by atoms with E-state index in [1.807, 2.05) is 0 Å². The molecule has 1 aliphatic heterocycles. The Kier molecular flexibility index (Phi) is 1.56. The van der Waals surface area contributed by atoms with Crippen LogP contribution in [0.1, 0.15) is 57.9 Å². The zero-order valence-corrected chi connectivity index (χ0v) is 11.6. The summed E-state index contributed by atoms with van der Waals surface area (Å²) in [4.78, 5) is 0. The zero-order chi connectivity index (χ0) is 20.5. The second kappa shape index (κ2) is 4.07. The van der Waals surface area contributed by atoms with Gasteiger partial charge in [0.2, 0.25) is 0 Å². The molecule has 100 valence electrons. The second-order valence-electron chi connectivity index (χ2n) is 5.37. The first kappa shape index (κ1) is 6.89. The molecule has 0 spiro atoms. The Morgan fingerprint density at radius 2 is 1.89 bits per heavy atom. The van der Waals surface area contributed by atoms with Crippen LogP contribution >= 0.6 is 11.3 Å². The molecule has 1 N–H and O–H groups in total. The molecular weight excluding hydrogens is 247 g/mol. The molecule has 0 aromatic carbocycles. The van der Waals surface area contributed by atoms with Crippen LogP contribution in [0, 0.1) is 0 Å². The van der Waals surface area contributed by atoms with Crippen molar-refractivity contribution in [3.8, 4) is 0 Å². The highest BCUT2D eigenvalue weighted by atomic mass is 32.1. The van der Waals surface area contributed by atoms with Gasteiger partial charge >= 0.3 is 7.12 Å². The molecule has 1 aliphatic rings. The van der Waals surface area contributed by atoms with Gasteiger partial charge in [0.1, 0.15) is 0 Å². The predicted molar refractivity (Wildman–Crippen MR) is 75.3 cm³/mol. The van der Waals surface area contributed by atoms with E-state index < -0.39 is 54.6 Å². The van der Waals surface area contributed by atoms with Crippen molar-refractivity contribution in [2.75, 3.05) is 0 Å². The van der Waals surface area contributed by atoms with E-state index >= 15 is 0 Å². The minimum Gasteiger partial charge on any atom is -0.399 e. The van der Waals surface area contributed by atoms with Gasteiger partial charge in [0.25, 0.3) is 0 Å². The van der Waals surface area contributed by atoms with Crippen molar-refractivity contribution in [3.63, 3.8) is 0 Å². The van der Waals surface area contributed by atoms with E-state index in [1.165, 1.54) is 0 Å². The standard InChI is InChI=1S/C13H21BO3S/c1-11(2,15)9-7-10(18-8-9)14-16-12(3,4)13(5,6)17-14/h7-8,15H,1-6H3/i1D3,2D3,7D,8D. The van der Waals surface area contributed by atoms with Crippen LogP contribution in [0.25, 0.3) is 0 Å². The maximum atomic E-state index is 10.6. The van der Waals surface area contributed by atoms with Crippen molar-refractivity contribution in [1.82, 2.24) is 0 Å². The summed E-state index contributed by atoms with van der Waals surface area (Å²) in [6.07, 6.45) is 0. The summed E-state index contributed by atoms with van der Waals surface area (Å²) in [6.45, 7) is 0.417. The number of hydrogen-bond donors (Lipinski definition) is 1. The van der Waals surface area contributed by atoms with Crippen molar-refractivity contribution in [1.29, 1.82) is 0 Å². The summed E-state index contributed by atoms with van der Waals surface area (Å²) >= 11 is 0.668. The molecule has 0 radical (unpaired) electrons. The highest BCUT2D eigenvalue weighted by Gasteiger charge is 2.52. The summed E-state index contributed by atoms with van der Waals surface area (Å²) in [7, 11) is -1.06. The lowest BCUT2D eigenvalue weighted by molar-refractivity contribution is 0.00578. The molecule has 1 aromatic rings. The van der Waals surface area contributed by atoms with Crippen LogP contribution in [0.2, 0.25) is 0 Å². The lowest BCUT2D eigenvalue weighted by Gasteiger charge is -2.32. The maximum absolute atomic E-state index is 10.6. The Morgan fingerprint density at radius 3 is 2.39 bits per heavy atom. The Hall–Kier alpha value is -0.355. The Bertz CT molecular complexity index is 679. The van der Waals surface area contributed by atoms with Gasteiger partial charge in [-0.1, -0.05) is 0 Å². The van der Waals surface area contributed by atoms with Crippen LogP contribution in [-0.2, 0) is 14.9 Å². The van der Waals surface area contributed by atoms with Crippen molar-refractivity contribution in [3.05, 3.63) is 17.0 Å². The fraction of sp³-hybridized carbons (Fsp3) is 0.692. The molecule has 2 rings (SSSR count). The van der Waals surface area contributed by atoms with E-state index in [-0.39, 0.29) is 4.78 Å². The van der Waals surface area contributed by atoms with Gasteiger partial charge in [-0.25, -0.2) is 0 Å². The first-order valence-corrected chi connectivity index (χ1v) is 6.37. The molecule has 5 heteroatoms. The van der Waals surface area contributed by atoms with E-state index in [4.69, 9.17) is 20.3 Å². The van der Waals surface area contributed by atoms with Gasteiger partial charge in [-0.2, -0.15) is 11.3 Å². The minimum atomic E-state index is -3.36. The molecule has 1 fully saturated rings. The van der Waals surface area contributed by atoms with Crippen LogP contribution in [0.15, 0.2) is 11.4 Å². The third kappa shape index (κ3) is 2.37. The fourth-order valence-corrected chi connectivity index (χ4v) is 2.26. The number of rotatable bonds is 2. The van der Waals surface area contributed by atoms with Crippen LogP contribution in [0.5, 0.6) is 0 Å². The molecule has 3 nitrogen and oxygen atoms in total. The maximum Gasteiger partial charge on any atom is 0.505 e. The predicted octanol–water partition coefficient (Wildman–Crippen LogP) is 2.27. The molecule has 18 heavy (non-hydrogen) atoms. The van der Waals surface area contributed by atoms with E-state index in [0.717, 1.165) is 0 Å². The smallest absolute Gasteiger partial charge is 0.399 e. The van der Waals surface area contributed by atoms with E-state index in [0.29, 0.717) is 11.3 Å². The monoisotopic (exact) mass is 276 g/mol. The highest BCUT2D eigenvalue weighted by Crippen LogP contribution is 2.37. The van der Waals surface area contributed by atoms with E-state index in [1.54, 1.807) is 27.7 Å². The average Bonchev–Trinajstić information content (AvgIpc) is 2.80. The molecule has 2 heterocycles. The highest BCUT2D eigenvalue weighted by molar-refractivity contribution is 7.20. The molecule has 1 aromatic heterocycles. The first-order chi connectivity index (χ1) is 11.4. The fourth-order valence-electron chi connectivity index (χ4n) is 1.50. The summed E-state index contributed by atoms with van der Waals surface area (Å²) in [5, 5.41) is 10.1. The molecule has 1 saturated heterocycles. The van der Waals surface area contributed by atoms with Gasteiger partial charge < -0.3 is 14.4 Å².